The lowest BCUT2D eigenvalue weighted by atomic mass is 10.2. The second kappa shape index (κ2) is 10.3. The molecule has 8 heteroatoms. The molecular weight excluding hydrogens is 397 g/mol. The number of hydrogen-bond acceptors (Lipinski definition) is 5. The quantitative estimate of drug-likeness (QED) is 0.648. The van der Waals surface area contributed by atoms with Gasteiger partial charge in [0.05, 0.1) is 17.9 Å². The second-order valence-corrected chi connectivity index (χ2v) is 7.01. The minimum Gasteiger partial charge on any atom is -0.495 e. The number of rotatable bonds is 8. The summed E-state index contributed by atoms with van der Waals surface area (Å²) in [4.78, 5) is 23.5. The fraction of sp³-hybridized carbons (Fsp3) is 0.222. The molecule has 0 spiro atoms. The first-order valence-electron chi connectivity index (χ1n) is 7.59. The van der Waals surface area contributed by atoms with Crippen LogP contribution in [0.1, 0.15) is 5.56 Å². The summed E-state index contributed by atoms with van der Waals surface area (Å²) in [5.74, 6) is 0.382. The van der Waals surface area contributed by atoms with Gasteiger partial charge in [0.15, 0.2) is 6.61 Å². The Morgan fingerprint density at radius 2 is 1.96 bits per heavy atom. The number of thioether (sulfide) groups is 1. The third-order valence-electron chi connectivity index (χ3n) is 3.18. The molecule has 0 radical (unpaired) electrons. The molecule has 26 heavy (non-hydrogen) atoms. The molecular formula is C18H17Cl2NO4S. The summed E-state index contributed by atoms with van der Waals surface area (Å²) >= 11 is 13.3. The molecule has 0 atom stereocenters. The first-order chi connectivity index (χ1) is 12.5. The second-order valence-electron chi connectivity index (χ2n) is 5.18. The van der Waals surface area contributed by atoms with E-state index in [-0.39, 0.29) is 12.4 Å². The SMILES string of the molecule is COc1ccc(NC(=O)COC(=O)CSCc2cccc(Cl)c2)cc1Cl. The molecule has 0 aliphatic carbocycles. The first kappa shape index (κ1) is 20.4. The third kappa shape index (κ3) is 6.78. The van der Waals surface area contributed by atoms with Gasteiger partial charge in [-0.15, -0.1) is 11.8 Å². The number of halogens is 2. The number of ether oxygens (including phenoxy) is 2. The van der Waals surface area contributed by atoms with Crippen LogP contribution in [0.5, 0.6) is 5.75 Å². The monoisotopic (exact) mass is 413 g/mol. The highest BCUT2D eigenvalue weighted by Gasteiger charge is 2.09. The molecule has 5 nitrogen and oxygen atoms in total. The summed E-state index contributed by atoms with van der Waals surface area (Å²) in [6.07, 6.45) is 0. The van der Waals surface area contributed by atoms with Crippen LogP contribution >= 0.6 is 35.0 Å². The fourth-order valence-electron chi connectivity index (χ4n) is 2.01. The van der Waals surface area contributed by atoms with Gasteiger partial charge < -0.3 is 14.8 Å². The minimum absolute atomic E-state index is 0.147. The van der Waals surface area contributed by atoms with Crippen LogP contribution in [0.15, 0.2) is 42.5 Å². The Morgan fingerprint density at radius 1 is 1.15 bits per heavy atom. The van der Waals surface area contributed by atoms with E-state index in [2.05, 4.69) is 5.32 Å². The van der Waals surface area contributed by atoms with Crippen molar-refractivity contribution in [1.29, 1.82) is 0 Å². The average Bonchev–Trinajstić information content (AvgIpc) is 2.60. The molecule has 0 fully saturated rings. The Kier molecular flexibility index (Phi) is 8.09. The number of esters is 1. The van der Waals surface area contributed by atoms with Crippen LogP contribution in [-0.4, -0.2) is 31.3 Å². The molecule has 138 valence electrons. The standard InChI is InChI=1S/C18H17Cl2NO4S/c1-24-16-6-5-14(8-15(16)20)21-17(22)9-25-18(23)11-26-10-12-3-2-4-13(19)7-12/h2-8H,9-11H2,1H3,(H,21,22). The Labute approximate surface area is 166 Å². The molecule has 0 aromatic heterocycles. The molecule has 0 aliphatic heterocycles. The molecule has 2 aromatic rings. The molecule has 2 rings (SSSR count). The Bertz CT molecular complexity index is 786. The van der Waals surface area contributed by atoms with E-state index >= 15 is 0 Å². The maximum absolute atomic E-state index is 11.8. The van der Waals surface area contributed by atoms with E-state index in [1.807, 2.05) is 18.2 Å². The normalized spacial score (nSPS) is 10.3. The summed E-state index contributed by atoms with van der Waals surface area (Å²) in [6, 6.07) is 12.2. The highest BCUT2D eigenvalue weighted by Crippen LogP contribution is 2.27. The molecule has 0 heterocycles. The number of amides is 1. The molecule has 1 amide bonds. The molecule has 1 N–H and O–H groups in total. The van der Waals surface area contributed by atoms with E-state index in [0.717, 1.165) is 5.56 Å². The van der Waals surface area contributed by atoms with Gasteiger partial charge in [-0.3, -0.25) is 9.59 Å². The molecule has 0 unspecified atom stereocenters. The van der Waals surface area contributed by atoms with Crippen LogP contribution < -0.4 is 10.1 Å². The highest BCUT2D eigenvalue weighted by molar-refractivity contribution is 7.99. The zero-order valence-corrected chi connectivity index (χ0v) is 16.3. The lowest BCUT2D eigenvalue weighted by Crippen LogP contribution is -2.21. The van der Waals surface area contributed by atoms with Gasteiger partial charge in [0.1, 0.15) is 5.75 Å². The van der Waals surface area contributed by atoms with Crippen molar-refractivity contribution in [2.45, 2.75) is 5.75 Å². The number of methoxy groups -OCH3 is 1. The number of carbonyl (C=O) groups is 2. The molecule has 0 bridgehead atoms. The van der Waals surface area contributed by atoms with Gasteiger partial charge in [0, 0.05) is 16.5 Å². The molecule has 0 aliphatic rings. The zero-order valence-electron chi connectivity index (χ0n) is 14.0. The van der Waals surface area contributed by atoms with Gasteiger partial charge in [-0.25, -0.2) is 0 Å². The maximum Gasteiger partial charge on any atom is 0.316 e. The molecule has 0 saturated heterocycles. The van der Waals surface area contributed by atoms with Crippen molar-refractivity contribution in [3.63, 3.8) is 0 Å². The lowest BCUT2D eigenvalue weighted by Gasteiger charge is -2.08. The number of benzene rings is 2. The molecule has 0 saturated carbocycles. The Morgan fingerprint density at radius 3 is 2.65 bits per heavy atom. The topological polar surface area (TPSA) is 64.6 Å². The number of carbonyl (C=O) groups excluding carboxylic acids is 2. The molecule has 2 aromatic carbocycles. The Balaban J connectivity index is 1.69. The third-order valence-corrected chi connectivity index (χ3v) is 4.69. The van der Waals surface area contributed by atoms with Crippen LogP contribution in [0.4, 0.5) is 5.69 Å². The van der Waals surface area contributed by atoms with Crippen LogP contribution in [-0.2, 0) is 20.1 Å². The smallest absolute Gasteiger partial charge is 0.316 e. The Hall–Kier alpha value is -1.89. The summed E-state index contributed by atoms with van der Waals surface area (Å²) in [7, 11) is 1.50. The van der Waals surface area contributed by atoms with Gasteiger partial charge in [-0.05, 0) is 35.9 Å². The van der Waals surface area contributed by atoms with Crippen molar-refractivity contribution >= 4 is 52.5 Å². The number of hydrogen-bond donors (Lipinski definition) is 1. The van der Waals surface area contributed by atoms with Crippen molar-refractivity contribution in [1.82, 2.24) is 0 Å². The van der Waals surface area contributed by atoms with Crippen molar-refractivity contribution in [3.05, 3.63) is 58.1 Å². The number of nitrogens with one attached hydrogen (secondary N) is 1. The van der Waals surface area contributed by atoms with Crippen LogP contribution in [0.2, 0.25) is 10.0 Å². The fourth-order valence-corrected chi connectivity index (χ4v) is 3.25. The van der Waals surface area contributed by atoms with Crippen LogP contribution in [0.3, 0.4) is 0 Å². The predicted octanol–water partition coefficient (Wildman–Crippen LogP) is 4.42. The van der Waals surface area contributed by atoms with Gasteiger partial charge in [0.2, 0.25) is 0 Å². The lowest BCUT2D eigenvalue weighted by molar-refractivity contribution is -0.144. The van der Waals surface area contributed by atoms with E-state index in [1.165, 1.54) is 18.9 Å². The minimum atomic E-state index is -0.458. The van der Waals surface area contributed by atoms with E-state index < -0.39 is 11.9 Å². The van der Waals surface area contributed by atoms with Crippen molar-refractivity contribution in [2.75, 3.05) is 24.8 Å². The zero-order chi connectivity index (χ0) is 18.9. The maximum atomic E-state index is 11.8. The van der Waals surface area contributed by atoms with Gasteiger partial charge >= 0.3 is 5.97 Å². The van der Waals surface area contributed by atoms with Crippen molar-refractivity contribution < 1.29 is 19.1 Å². The highest BCUT2D eigenvalue weighted by atomic mass is 35.5. The largest absolute Gasteiger partial charge is 0.495 e. The predicted molar refractivity (Wildman–Crippen MR) is 105 cm³/mol. The summed E-state index contributed by atoms with van der Waals surface area (Å²) in [6.45, 7) is -0.361. The van der Waals surface area contributed by atoms with Crippen molar-refractivity contribution in [2.24, 2.45) is 0 Å². The van der Waals surface area contributed by atoms with Crippen LogP contribution in [0, 0.1) is 0 Å². The summed E-state index contributed by atoms with van der Waals surface area (Å²) < 4.78 is 9.99. The van der Waals surface area contributed by atoms with E-state index in [9.17, 15) is 9.59 Å². The van der Waals surface area contributed by atoms with Gasteiger partial charge in [0.25, 0.3) is 5.91 Å². The van der Waals surface area contributed by atoms with Crippen molar-refractivity contribution in [3.8, 4) is 5.75 Å². The summed E-state index contributed by atoms with van der Waals surface area (Å²) in [5, 5.41) is 3.63. The van der Waals surface area contributed by atoms with Gasteiger partial charge in [-0.2, -0.15) is 0 Å². The average molecular weight is 414 g/mol. The first-order valence-corrected chi connectivity index (χ1v) is 9.50. The van der Waals surface area contributed by atoms with E-state index in [1.54, 1.807) is 24.3 Å². The summed E-state index contributed by atoms with van der Waals surface area (Å²) in [5.41, 5.74) is 1.51. The van der Waals surface area contributed by atoms with Gasteiger partial charge in [-0.1, -0.05) is 35.3 Å². The van der Waals surface area contributed by atoms with E-state index in [4.69, 9.17) is 32.7 Å². The van der Waals surface area contributed by atoms with E-state index in [0.29, 0.717) is 27.2 Å². The number of anilines is 1. The van der Waals surface area contributed by atoms with Crippen LogP contribution in [0.25, 0.3) is 0 Å².